The van der Waals surface area contributed by atoms with Crippen molar-refractivity contribution in [2.24, 2.45) is 5.92 Å². The normalized spacial score (nSPS) is 12.3. The Balaban J connectivity index is 2.79. The number of carbonyl (C=O) groups excluding carboxylic acids is 1. The number of anilines is 1. The fraction of sp³-hybridized carbons (Fsp3) is 0.417. The minimum absolute atomic E-state index is 0.145. The zero-order valence-corrected chi connectivity index (χ0v) is 10.4. The Morgan fingerprint density at radius 2 is 2.12 bits per heavy atom. The predicted octanol–water partition coefficient (Wildman–Crippen LogP) is 2.95. The van der Waals surface area contributed by atoms with Crippen LogP contribution in [0.25, 0.3) is 0 Å². The van der Waals surface area contributed by atoms with Gasteiger partial charge in [-0.15, -0.1) is 0 Å². The molecule has 0 aliphatic rings. The molecule has 0 spiro atoms. The monoisotopic (exact) mass is 241 g/mol. The smallest absolute Gasteiger partial charge is 0.328 e. The molecule has 1 aromatic rings. The molecule has 4 heteroatoms. The summed E-state index contributed by atoms with van der Waals surface area (Å²) in [5.74, 6) is -0.124. The quantitative estimate of drug-likeness (QED) is 0.824. The van der Waals surface area contributed by atoms with Gasteiger partial charge in [0.2, 0.25) is 0 Å². The van der Waals surface area contributed by atoms with Gasteiger partial charge in [-0.25, -0.2) is 4.79 Å². The molecule has 0 amide bonds. The highest BCUT2D eigenvalue weighted by Crippen LogP contribution is 2.18. The molecule has 1 atom stereocenters. The van der Waals surface area contributed by atoms with Crippen molar-refractivity contribution in [3.63, 3.8) is 0 Å². The first-order chi connectivity index (χ1) is 7.54. The molecule has 0 radical (unpaired) electrons. The SMILES string of the molecule is COC(=O)C(Nc1cccc(Cl)c1)C(C)C. The number of ether oxygens (including phenoxy) is 1. The Morgan fingerprint density at radius 3 is 2.62 bits per heavy atom. The Hall–Kier alpha value is -1.22. The zero-order chi connectivity index (χ0) is 12.1. The summed E-state index contributed by atoms with van der Waals surface area (Å²) in [6.45, 7) is 3.91. The van der Waals surface area contributed by atoms with Crippen molar-refractivity contribution in [2.75, 3.05) is 12.4 Å². The highest BCUT2D eigenvalue weighted by Gasteiger charge is 2.22. The third kappa shape index (κ3) is 3.42. The lowest BCUT2D eigenvalue weighted by Gasteiger charge is -2.20. The minimum Gasteiger partial charge on any atom is -0.467 e. The van der Waals surface area contributed by atoms with Crippen LogP contribution in [0, 0.1) is 5.92 Å². The van der Waals surface area contributed by atoms with Crippen molar-refractivity contribution in [3.8, 4) is 0 Å². The molecule has 1 rings (SSSR count). The van der Waals surface area contributed by atoms with E-state index in [0.717, 1.165) is 5.69 Å². The van der Waals surface area contributed by atoms with Crippen molar-refractivity contribution in [3.05, 3.63) is 29.3 Å². The van der Waals surface area contributed by atoms with Gasteiger partial charge in [0.25, 0.3) is 0 Å². The van der Waals surface area contributed by atoms with Crippen LogP contribution in [0.5, 0.6) is 0 Å². The third-order valence-electron chi connectivity index (χ3n) is 2.27. The number of nitrogens with one attached hydrogen (secondary N) is 1. The summed E-state index contributed by atoms with van der Waals surface area (Å²) in [5.41, 5.74) is 0.816. The summed E-state index contributed by atoms with van der Waals surface area (Å²) in [4.78, 5) is 11.5. The van der Waals surface area contributed by atoms with Crippen LogP contribution in [0.3, 0.4) is 0 Å². The molecule has 0 aromatic heterocycles. The van der Waals surface area contributed by atoms with Crippen molar-refractivity contribution >= 4 is 23.3 Å². The molecule has 0 saturated carbocycles. The average Bonchev–Trinajstić information content (AvgIpc) is 2.24. The summed E-state index contributed by atoms with van der Waals surface area (Å²) >= 11 is 5.87. The van der Waals surface area contributed by atoms with E-state index in [1.807, 2.05) is 26.0 Å². The van der Waals surface area contributed by atoms with Crippen LogP contribution in [0.4, 0.5) is 5.69 Å². The van der Waals surface area contributed by atoms with Crippen LogP contribution in [0.1, 0.15) is 13.8 Å². The summed E-state index contributed by atoms with van der Waals surface area (Å²) in [7, 11) is 1.39. The van der Waals surface area contributed by atoms with Gasteiger partial charge >= 0.3 is 5.97 Å². The molecule has 0 heterocycles. The Morgan fingerprint density at radius 1 is 1.44 bits per heavy atom. The largest absolute Gasteiger partial charge is 0.467 e. The number of rotatable bonds is 4. The summed E-state index contributed by atoms with van der Waals surface area (Å²) in [5, 5.41) is 3.75. The van der Waals surface area contributed by atoms with Crippen molar-refractivity contribution < 1.29 is 9.53 Å². The molecule has 88 valence electrons. The van der Waals surface area contributed by atoms with E-state index >= 15 is 0 Å². The molecular formula is C12H16ClNO2. The van der Waals surface area contributed by atoms with E-state index in [1.54, 1.807) is 12.1 Å². The van der Waals surface area contributed by atoms with Gasteiger partial charge in [0.05, 0.1) is 7.11 Å². The van der Waals surface area contributed by atoms with Gasteiger partial charge in [0, 0.05) is 10.7 Å². The van der Waals surface area contributed by atoms with Crippen molar-refractivity contribution in [1.29, 1.82) is 0 Å². The molecule has 1 unspecified atom stereocenters. The molecule has 16 heavy (non-hydrogen) atoms. The number of halogens is 1. The van der Waals surface area contributed by atoms with Crippen LogP contribution in [-0.2, 0) is 9.53 Å². The standard InChI is InChI=1S/C12H16ClNO2/c1-8(2)11(12(15)16-3)14-10-6-4-5-9(13)7-10/h4-8,11,14H,1-3H3. The van der Waals surface area contributed by atoms with Crippen LogP contribution < -0.4 is 5.32 Å². The fourth-order valence-corrected chi connectivity index (χ4v) is 1.57. The van der Waals surface area contributed by atoms with Crippen molar-refractivity contribution in [2.45, 2.75) is 19.9 Å². The molecule has 1 aromatic carbocycles. The van der Waals surface area contributed by atoms with Crippen molar-refractivity contribution in [1.82, 2.24) is 0 Å². The van der Waals surface area contributed by atoms with Gasteiger partial charge in [-0.3, -0.25) is 0 Å². The Bertz CT molecular complexity index is 366. The van der Waals surface area contributed by atoms with Gasteiger partial charge in [-0.05, 0) is 24.1 Å². The number of esters is 1. The second-order valence-electron chi connectivity index (χ2n) is 3.90. The van der Waals surface area contributed by atoms with E-state index in [9.17, 15) is 4.79 Å². The Kier molecular flexibility index (Phi) is 4.62. The summed E-state index contributed by atoms with van der Waals surface area (Å²) in [6, 6.07) is 6.90. The summed E-state index contributed by atoms with van der Waals surface area (Å²) < 4.78 is 4.74. The van der Waals surface area contributed by atoms with E-state index in [4.69, 9.17) is 16.3 Å². The zero-order valence-electron chi connectivity index (χ0n) is 9.66. The molecule has 1 N–H and O–H groups in total. The fourth-order valence-electron chi connectivity index (χ4n) is 1.38. The van der Waals surface area contributed by atoms with E-state index in [2.05, 4.69) is 5.32 Å². The van der Waals surface area contributed by atoms with Gasteiger partial charge in [0.1, 0.15) is 6.04 Å². The first-order valence-electron chi connectivity index (χ1n) is 5.14. The molecule has 0 bridgehead atoms. The van der Waals surface area contributed by atoms with Gasteiger partial charge in [0.15, 0.2) is 0 Å². The second kappa shape index (κ2) is 5.75. The van der Waals surface area contributed by atoms with Gasteiger partial charge < -0.3 is 10.1 Å². The minimum atomic E-state index is -0.358. The van der Waals surface area contributed by atoms with E-state index in [1.165, 1.54) is 7.11 Å². The number of methoxy groups -OCH3 is 1. The lowest BCUT2D eigenvalue weighted by Crippen LogP contribution is -2.35. The number of hydrogen-bond donors (Lipinski definition) is 1. The average molecular weight is 242 g/mol. The highest BCUT2D eigenvalue weighted by molar-refractivity contribution is 6.30. The van der Waals surface area contributed by atoms with E-state index in [-0.39, 0.29) is 17.9 Å². The molecule has 0 aliphatic carbocycles. The van der Waals surface area contributed by atoms with Crippen LogP contribution in [0.15, 0.2) is 24.3 Å². The molecular weight excluding hydrogens is 226 g/mol. The molecule has 0 fully saturated rings. The van der Waals surface area contributed by atoms with E-state index in [0.29, 0.717) is 5.02 Å². The highest BCUT2D eigenvalue weighted by atomic mass is 35.5. The predicted molar refractivity (Wildman–Crippen MR) is 65.7 cm³/mol. The summed E-state index contributed by atoms with van der Waals surface area (Å²) in [6.07, 6.45) is 0. The van der Waals surface area contributed by atoms with Gasteiger partial charge in [-0.2, -0.15) is 0 Å². The topological polar surface area (TPSA) is 38.3 Å². The molecule has 0 saturated heterocycles. The Labute approximate surface area is 101 Å². The lowest BCUT2D eigenvalue weighted by atomic mass is 10.0. The maximum atomic E-state index is 11.5. The van der Waals surface area contributed by atoms with Gasteiger partial charge in [-0.1, -0.05) is 31.5 Å². The maximum Gasteiger partial charge on any atom is 0.328 e. The molecule has 0 aliphatic heterocycles. The van der Waals surface area contributed by atoms with Crippen LogP contribution in [-0.4, -0.2) is 19.1 Å². The van der Waals surface area contributed by atoms with E-state index < -0.39 is 0 Å². The lowest BCUT2D eigenvalue weighted by molar-refractivity contribution is -0.142. The maximum absolute atomic E-state index is 11.5. The first kappa shape index (κ1) is 12.8. The number of benzene rings is 1. The third-order valence-corrected chi connectivity index (χ3v) is 2.50. The van der Waals surface area contributed by atoms with Crippen LogP contribution in [0.2, 0.25) is 5.02 Å². The number of carbonyl (C=O) groups is 1. The molecule has 3 nitrogen and oxygen atoms in total. The number of hydrogen-bond acceptors (Lipinski definition) is 3. The van der Waals surface area contributed by atoms with Crippen LogP contribution >= 0.6 is 11.6 Å². The first-order valence-corrected chi connectivity index (χ1v) is 5.52. The second-order valence-corrected chi connectivity index (χ2v) is 4.34.